The average Bonchev–Trinajstić information content (AvgIpc) is 2.67. The van der Waals surface area contributed by atoms with E-state index < -0.39 is 0 Å². The number of halogens is 1. The second kappa shape index (κ2) is 8.41. The number of benzene rings is 2. The van der Waals surface area contributed by atoms with Crippen molar-refractivity contribution < 1.29 is 0 Å². The molecular formula is C22H22BrN5. The van der Waals surface area contributed by atoms with E-state index in [4.69, 9.17) is 5.26 Å². The molecule has 0 aliphatic heterocycles. The molecule has 0 saturated heterocycles. The number of nitrogens with zero attached hydrogens (tertiary/aromatic N) is 3. The molecule has 0 amide bonds. The van der Waals surface area contributed by atoms with Gasteiger partial charge in [-0.15, -0.1) is 0 Å². The number of hydrogen-bond donors (Lipinski definition) is 2. The van der Waals surface area contributed by atoms with Crippen molar-refractivity contribution in [1.29, 1.82) is 5.26 Å². The van der Waals surface area contributed by atoms with Crippen LogP contribution in [0.5, 0.6) is 0 Å². The van der Waals surface area contributed by atoms with E-state index in [0.29, 0.717) is 23.2 Å². The molecule has 142 valence electrons. The van der Waals surface area contributed by atoms with E-state index in [9.17, 15) is 0 Å². The van der Waals surface area contributed by atoms with Gasteiger partial charge in [0.15, 0.2) is 0 Å². The van der Waals surface area contributed by atoms with Crippen molar-refractivity contribution in [2.75, 3.05) is 10.6 Å². The van der Waals surface area contributed by atoms with Gasteiger partial charge >= 0.3 is 0 Å². The highest BCUT2D eigenvalue weighted by Gasteiger charge is 2.11. The standard InChI is InChI=1S/C22H22BrN5/c1-13(2)17-9-14(3)20(15(4)10-17)27-21-19(23)12-25-22(28-21)26-18-7-5-16(11-24)6-8-18/h5-10,12-13H,1-4H3,(H2,25,26,27,28). The van der Waals surface area contributed by atoms with Gasteiger partial charge < -0.3 is 10.6 Å². The van der Waals surface area contributed by atoms with E-state index in [0.717, 1.165) is 15.8 Å². The van der Waals surface area contributed by atoms with Gasteiger partial charge in [0.05, 0.1) is 16.1 Å². The molecule has 2 aromatic carbocycles. The predicted octanol–water partition coefficient (Wildman–Crippen LogP) is 6.34. The molecule has 28 heavy (non-hydrogen) atoms. The molecule has 0 bridgehead atoms. The summed E-state index contributed by atoms with van der Waals surface area (Å²) in [6.45, 7) is 8.60. The third-order valence-corrected chi connectivity index (χ3v) is 5.06. The fourth-order valence-electron chi connectivity index (χ4n) is 2.92. The van der Waals surface area contributed by atoms with Gasteiger partial charge in [0.25, 0.3) is 0 Å². The third-order valence-electron chi connectivity index (χ3n) is 4.48. The Morgan fingerprint density at radius 3 is 2.25 bits per heavy atom. The largest absolute Gasteiger partial charge is 0.339 e. The predicted molar refractivity (Wildman–Crippen MR) is 117 cm³/mol. The smallest absolute Gasteiger partial charge is 0.229 e. The molecule has 1 aromatic heterocycles. The van der Waals surface area contributed by atoms with Crippen molar-refractivity contribution in [3.8, 4) is 6.07 Å². The number of hydrogen-bond acceptors (Lipinski definition) is 5. The normalized spacial score (nSPS) is 10.6. The molecule has 0 unspecified atom stereocenters. The maximum Gasteiger partial charge on any atom is 0.229 e. The highest BCUT2D eigenvalue weighted by molar-refractivity contribution is 9.10. The van der Waals surface area contributed by atoms with E-state index >= 15 is 0 Å². The zero-order valence-electron chi connectivity index (χ0n) is 16.3. The van der Waals surface area contributed by atoms with Gasteiger partial charge in [-0.25, -0.2) is 4.98 Å². The SMILES string of the molecule is Cc1cc(C(C)C)cc(C)c1Nc1nc(Nc2ccc(C#N)cc2)ncc1Br. The molecule has 0 aliphatic rings. The lowest BCUT2D eigenvalue weighted by Gasteiger charge is -2.17. The first-order chi connectivity index (χ1) is 13.4. The maximum absolute atomic E-state index is 8.91. The van der Waals surface area contributed by atoms with Crippen LogP contribution in [-0.2, 0) is 0 Å². The van der Waals surface area contributed by atoms with E-state index in [-0.39, 0.29) is 0 Å². The molecule has 0 radical (unpaired) electrons. The Morgan fingerprint density at radius 1 is 1.04 bits per heavy atom. The molecule has 6 heteroatoms. The van der Waals surface area contributed by atoms with Crippen molar-refractivity contribution in [2.45, 2.75) is 33.6 Å². The summed E-state index contributed by atoms with van der Waals surface area (Å²) in [5, 5.41) is 15.5. The molecule has 5 nitrogen and oxygen atoms in total. The monoisotopic (exact) mass is 435 g/mol. The van der Waals surface area contributed by atoms with Crippen LogP contribution in [0.1, 0.15) is 42.0 Å². The zero-order chi connectivity index (χ0) is 20.3. The summed E-state index contributed by atoms with van der Waals surface area (Å²) >= 11 is 3.53. The van der Waals surface area contributed by atoms with E-state index in [1.807, 2.05) is 12.1 Å². The van der Waals surface area contributed by atoms with Gasteiger partial charge in [0.1, 0.15) is 5.82 Å². The van der Waals surface area contributed by atoms with Crippen LogP contribution in [0.25, 0.3) is 0 Å². The number of aromatic nitrogens is 2. The van der Waals surface area contributed by atoms with Crippen LogP contribution in [0.4, 0.5) is 23.1 Å². The maximum atomic E-state index is 8.91. The summed E-state index contributed by atoms with van der Waals surface area (Å²) in [6.07, 6.45) is 1.72. The summed E-state index contributed by atoms with van der Waals surface area (Å²) < 4.78 is 0.782. The molecular weight excluding hydrogens is 414 g/mol. The minimum absolute atomic E-state index is 0.476. The van der Waals surface area contributed by atoms with Gasteiger partial charge in [-0.05, 0) is 76.7 Å². The Bertz CT molecular complexity index is 1010. The molecule has 2 N–H and O–H groups in total. The Hall–Kier alpha value is -2.91. The van der Waals surface area contributed by atoms with Crippen molar-refractivity contribution in [2.24, 2.45) is 0 Å². The third kappa shape index (κ3) is 4.49. The second-order valence-electron chi connectivity index (χ2n) is 7.01. The van der Waals surface area contributed by atoms with Crippen LogP contribution in [-0.4, -0.2) is 9.97 Å². The lowest BCUT2D eigenvalue weighted by molar-refractivity contribution is 0.863. The van der Waals surface area contributed by atoms with Crippen LogP contribution < -0.4 is 10.6 Å². The first kappa shape index (κ1) is 19.8. The first-order valence-corrected chi connectivity index (χ1v) is 9.84. The Morgan fingerprint density at radius 2 is 1.68 bits per heavy atom. The zero-order valence-corrected chi connectivity index (χ0v) is 17.9. The van der Waals surface area contributed by atoms with Gasteiger partial charge in [0, 0.05) is 17.6 Å². The molecule has 0 aliphatic carbocycles. The Balaban J connectivity index is 1.87. The topological polar surface area (TPSA) is 73.6 Å². The van der Waals surface area contributed by atoms with Crippen LogP contribution in [0.3, 0.4) is 0 Å². The highest BCUT2D eigenvalue weighted by atomic mass is 79.9. The lowest BCUT2D eigenvalue weighted by atomic mass is 9.97. The molecule has 3 rings (SSSR count). The van der Waals surface area contributed by atoms with Gasteiger partial charge in [-0.2, -0.15) is 10.2 Å². The van der Waals surface area contributed by atoms with Gasteiger partial charge in [-0.1, -0.05) is 26.0 Å². The van der Waals surface area contributed by atoms with Crippen LogP contribution >= 0.6 is 15.9 Å². The summed E-state index contributed by atoms with van der Waals surface area (Å²) in [6, 6.07) is 13.7. The van der Waals surface area contributed by atoms with Crippen LogP contribution in [0.2, 0.25) is 0 Å². The van der Waals surface area contributed by atoms with E-state index in [1.54, 1.807) is 18.3 Å². The molecule has 0 fully saturated rings. The van der Waals surface area contributed by atoms with E-state index in [2.05, 4.69) is 82.4 Å². The van der Waals surface area contributed by atoms with Crippen molar-refractivity contribution >= 4 is 39.1 Å². The second-order valence-corrected chi connectivity index (χ2v) is 7.87. The van der Waals surface area contributed by atoms with Gasteiger partial charge in [-0.3, -0.25) is 0 Å². The number of nitrogens with one attached hydrogen (secondary N) is 2. The van der Waals surface area contributed by atoms with Crippen LogP contribution in [0.15, 0.2) is 47.1 Å². The fraction of sp³-hybridized carbons (Fsp3) is 0.227. The first-order valence-electron chi connectivity index (χ1n) is 9.05. The number of nitriles is 1. The number of anilines is 4. The summed E-state index contributed by atoms with van der Waals surface area (Å²) in [5.41, 5.74) is 6.16. The number of rotatable bonds is 5. The fourth-order valence-corrected chi connectivity index (χ4v) is 3.21. The highest BCUT2D eigenvalue weighted by Crippen LogP contribution is 2.31. The van der Waals surface area contributed by atoms with Crippen molar-refractivity contribution in [3.05, 3.63) is 69.3 Å². The molecule has 0 atom stereocenters. The Kier molecular flexibility index (Phi) is 5.96. The summed E-state index contributed by atoms with van der Waals surface area (Å²) in [7, 11) is 0. The Labute approximate surface area is 174 Å². The van der Waals surface area contributed by atoms with Crippen molar-refractivity contribution in [3.63, 3.8) is 0 Å². The van der Waals surface area contributed by atoms with Gasteiger partial charge in [0.2, 0.25) is 5.95 Å². The minimum Gasteiger partial charge on any atom is -0.339 e. The molecule has 0 saturated carbocycles. The average molecular weight is 436 g/mol. The minimum atomic E-state index is 0.476. The van der Waals surface area contributed by atoms with Crippen LogP contribution in [0, 0.1) is 25.2 Å². The lowest BCUT2D eigenvalue weighted by Crippen LogP contribution is -2.04. The molecule has 3 aromatic rings. The molecule has 1 heterocycles. The number of aryl methyl sites for hydroxylation is 2. The summed E-state index contributed by atoms with van der Waals surface area (Å²) in [5.74, 6) is 1.65. The molecule has 0 spiro atoms. The van der Waals surface area contributed by atoms with Crippen molar-refractivity contribution in [1.82, 2.24) is 9.97 Å². The summed E-state index contributed by atoms with van der Waals surface area (Å²) in [4.78, 5) is 8.93. The van der Waals surface area contributed by atoms with E-state index in [1.165, 1.54) is 16.7 Å². The quantitative estimate of drug-likeness (QED) is 0.488.